The maximum Gasteiger partial charge on any atom is 0.293 e. The summed E-state index contributed by atoms with van der Waals surface area (Å²) in [4.78, 5) is 22.5. The van der Waals surface area contributed by atoms with Crippen molar-refractivity contribution in [3.05, 3.63) is 58.7 Å². The summed E-state index contributed by atoms with van der Waals surface area (Å²) in [5.74, 6) is 0.471. The number of sulfone groups is 1. The molecule has 1 N–H and O–H groups in total. The zero-order valence-corrected chi connectivity index (χ0v) is 20.7. The SMILES string of the molecule is [C-]#[N+]C1=CCC(C(=O)Nc2ccc(CCN3CCS(=O)(=O)CC3)cc2C2=CCC(C)(C)CC2)=N1. The normalized spacial score (nSPS) is 21.7. The van der Waals surface area contributed by atoms with Crippen molar-refractivity contribution < 1.29 is 13.2 Å². The molecule has 1 saturated heterocycles. The monoisotopic (exact) mass is 480 g/mol. The second kappa shape index (κ2) is 9.85. The van der Waals surface area contributed by atoms with Crippen LogP contribution < -0.4 is 5.32 Å². The minimum absolute atomic E-state index is 0.236. The predicted octanol–water partition coefficient (Wildman–Crippen LogP) is 4.10. The van der Waals surface area contributed by atoms with Crippen LogP contribution in [0.1, 0.15) is 50.7 Å². The van der Waals surface area contributed by atoms with Crippen molar-refractivity contribution >= 4 is 32.7 Å². The Labute approximate surface area is 202 Å². The van der Waals surface area contributed by atoms with E-state index < -0.39 is 9.84 Å². The number of rotatable bonds is 6. The number of benzene rings is 1. The summed E-state index contributed by atoms with van der Waals surface area (Å²) in [6.07, 6.45) is 8.19. The standard InChI is InChI=1S/C26H32N4O3S/c1-26(2)11-8-20(9-12-26)21-18-19(10-13-30-14-16-34(32,33)17-15-30)4-5-22(21)29-25(31)23-6-7-24(27-3)28-23/h4-5,7-8,18H,6,9-17H2,1-2H3,(H,29,31). The highest BCUT2D eigenvalue weighted by molar-refractivity contribution is 7.91. The second-order valence-corrected chi connectivity index (χ2v) is 12.4. The van der Waals surface area contributed by atoms with Gasteiger partial charge in [0.15, 0.2) is 15.5 Å². The van der Waals surface area contributed by atoms with Gasteiger partial charge in [0, 0.05) is 37.3 Å². The van der Waals surface area contributed by atoms with E-state index in [1.165, 1.54) is 11.1 Å². The molecule has 2 heterocycles. The maximum absolute atomic E-state index is 12.8. The van der Waals surface area contributed by atoms with Gasteiger partial charge in [0.2, 0.25) is 0 Å². The van der Waals surface area contributed by atoms with E-state index in [-0.39, 0.29) is 28.6 Å². The van der Waals surface area contributed by atoms with Crippen molar-refractivity contribution in [2.75, 3.05) is 36.5 Å². The van der Waals surface area contributed by atoms with Gasteiger partial charge in [0.1, 0.15) is 0 Å². The van der Waals surface area contributed by atoms with Crippen molar-refractivity contribution in [3.8, 4) is 0 Å². The Hall–Kier alpha value is -2.76. The highest BCUT2D eigenvalue weighted by Gasteiger charge is 2.26. The molecule has 1 aromatic carbocycles. The van der Waals surface area contributed by atoms with Crippen LogP contribution in [-0.4, -0.2) is 56.1 Å². The van der Waals surface area contributed by atoms with Gasteiger partial charge in [0.05, 0.1) is 11.5 Å². The number of nitrogens with one attached hydrogen (secondary N) is 1. The highest BCUT2D eigenvalue weighted by Crippen LogP contribution is 2.40. The second-order valence-electron chi connectivity index (χ2n) is 10.1. The number of carbonyl (C=O) groups excluding carboxylic acids is 1. The molecule has 0 saturated carbocycles. The molecule has 2 aliphatic heterocycles. The van der Waals surface area contributed by atoms with Crippen LogP contribution >= 0.6 is 0 Å². The first-order valence-corrected chi connectivity index (χ1v) is 13.7. The quantitative estimate of drug-likeness (QED) is 0.622. The Balaban J connectivity index is 1.52. The minimum Gasteiger partial charge on any atom is -0.361 e. The minimum atomic E-state index is -2.88. The van der Waals surface area contributed by atoms with E-state index in [1.807, 2.05) is 12.1 Å². The zero-order valence-electron chi connectivity index (χ0n) is 19.9. The summed E-state index contributed by atoms with van der Waals surface area (Å²) in [6, 6.07) is 6.16. The summed E-state index contributed by atoms with van der Waals surface area (Å²) < 4.78 is 23.4. The van der Waals surface area contributed by atoms with Crippen molar-refractivity contribution in [1.29, 1.82) is 0 Å². The van der Waals surface area contributed by atoms with Crippen LogP contribution in [-0.2, 0) is 21.1 Å². The lowest BCUT2D eigenvalue weighted by Crippen LogP contribution is -2.41. The molecular weight excluding hydrogens is 448 g/mol. The topological polar surface area (TPSA) is 83.2 Å². The van der Waals surface area contributed by atoms with E-state index in [0.29, 0.717) is 25.2 Å². The number of aliphatic imine (C=N–C) groups is 1. The first-order chi connectivity index (χ1) is 16.1. The molecule has 3 aliphatic rings. The largest absolute Gasteiger partial charge is 0.361 e. The Bertz CT molecular complexity index is 1200. The van der Waals surface area contributed by atoms with E-state index in [1.54, 1.807) is 6.08 Å². The molecule has 1 aromatic rings. The lowest BCUT2D eigenvalue weighted by molar-refractivity contribution is -0.110. The van der Waals surface area contributed by atoms with Gasteiger partial charge in [-0.2, -0.15) is 0 Å². The molecule has 0 atom stereocenters. The molecule has 0 bridgehead atoms. The molecule has 0 aromatic heterocycles. The van der Waals surface area contributed by atoms with Crippen LogP contribution in [0.15, 0.2) is 41.2 Å². The molecule has 8 heteroatoms. The Morgan fingerprint density at radius 2 is 2.00 bits per heavy atom. The maximum atomic E-state index is 12.8. The predicted molar refractivity (Wildman–Crippen MR) is 136 cm³/mol. The Kier molecular flexibility index (Phi) is 7.06. The number of anilines is 1. The van der Waals surface area contributed by atoms with Crippen LogP contribution in [0.3, 0.4) is 0 Å². The highest BCUT2D eigenvalue weighted by atomic mass is 32.2. The summed E-state index contributed by atoms with van der Waals surface area (Å²) >= 11 is 0. The Morgan fingerprint density at radius 3 is 2.65 bits per heavy atom. The van der Waals surface area contributed by atoms with Crippen LogP contribution in [0.4, 0.5) is 5.69 Å². The molecule has 4 rings (SSSR count). The van der Waals surface area contributed by atoms with Crippen LogP contribution in [0.5, 0.6) is 0 Å². The van der Waals surface area contributed by atoms with Crippen molar-refractivity contribution in [2.24, 2.45) is 10.4 Å². The molecule has 34 heavy (non-hydrogen) atoms. The van der Waals surface area contributed by atoms with E-state index in [0.717, 1.165) is 43.5 Å². The van der Waals surface area contributed by atoms with Gasteiger partial charge < -0.3 is 15.1 Å². The van der Waals surface area contributed by atoms with E-state index >= 15 is 0 Å². The average molecular weight is 481 g/mol. The molecular formula is C26H32N4O3S. The summed E-state index contributed by atoms with van der Waals surface area (Å²) in [7, 11) is -2.88. The van der Waals surface area contributed by atoms with Gasteiger partial charge in [-0.15, -0.1) is 4.99 Å². The Morgan fingerprint density at radius 1 is 1.24 bits per heavy atom. The first kappa shape index (κ1) is 24.4. The smallest absolute Gasteiger partial charge is 0.293 e. The van der Waals surface area contributed by atoms with Crippen molar-refractivity contribution in [3.63, 3.8) is 0 Å². The van der Waals surface area contributed by atoms with Gasteiger partial charge >= 0.3 is 0 Å². The van der Waals surface area contributed by atoms with Gasteiger partial charge in [-0.25, -0.2) is 8.42 Å². The fourth-order valence-corrected chi connectivity index (χ4v) is 5.81. The lowest BCUT2D eigenvalue weighted by Gasteiger charge is -2.30. The van der Waals surface area contributed by atoms with Gasteiger partial charge in [-0.05, 0) is 54.4 Å². The van der Waals surface area contributed by atoms with E-state index in [2.05, 4.69) is 46.0 Å². The summed E-state index contributed by atoms with van der Waals surface area (Å²) in [5.41, 5.74) is 4.86. The number of nitrogens with zero attached hydrogens (tertiary/aromatic N) is 3. The molecule has 180 valence electrons. The molecule has 1 amide bonds. The number of hydrogen-bond acceptors (Lipinski definition) is 5. The van der Waals surface area contributed by atoms with Crippen LogP contribution in [0.25, 0.3) is 10.4 Å². The third kappa shape index (κ3) is 6.02. The van der Waals surface area contributed by atoms with Crippen LogP contribution in [0, 0.1) is 12.0 Å². The van der Waals surface area contributed by atoms with E-state index in [9.17, 15) is 13.2 Å². The number of allylic oxidation sites excluding steroid dienone is 3. The fourth-order valence-electron chi connectivity index (χ4n) is 4.53. The van der Waals surface area contributed by atoms with Gasteiger partial charge in [-0.3, -0.25) is 4.79 Å². The fraction of sp³-hybridized carbons (Fsp3) is 0.500. The third-order valence-corrected chi connectivity index (χ3v) is 8.52. The average Bonchev–Trinajstić information content (AvgIpc) is 3.29. The third-order valence-electron chi connectivity index (χ3n) is 6.91. The number of amides is 1. The van der Waals surface area contributed by atoms with E-state index in [4.69, 9.17) is 6.57 Å². The summed E-state index contributed by atoms with van der Waals surface area (Å²) in [6.45, 7) is 13.6. The molecule has 0 spiro atoms. The molecule has 7 nitrogen and oxygen atoms in total. The van der Waals surface area contributed by atoms with Crippen LogP contribution in [0.2, 0.25) is 0 Å². The molecule has 1 aliphatic carbocycles. The zero-order chi connectivity index (χ0) is 24.3. The van der Waals surface area contributed by atoms with Gasteiger partial charge in [0.25, 0.3) is 11.7 Å². The number of hydrogen-bond donors (Lipinski definition) is 1. The van der Waals surface area contributed by atoms with Crippen molar-refractivity contribution in [1.82, 2.24) is 4.90 Å². The molecule has 1 fully saturated rings. The lowest BCUT2D eigenvalue weighted by atomic mass is 9.76. The number of carbonyl (C=O) groups is 1. The molecule has 0 radical (unpaired) electrons. The summed E-state index contributed by atoms with van der Waals surface area (Å²) in [5, 5.41) is 3.03. The molecule has 0 unspecified atom stereocenters. The van der Waals surface area contributed by atoms with Crippen molar-refractivity contribution in [2.45, 2.75) is 46.0 Å². The van der Waals surface area contributed by atoms with Gasteiger partial charge in [-0.1, -0.05) is 38.6 Å². The first-order valence-electron chi connectivity index (χ1n) is 11.9.